The number of morpholine rings is 2. The number of rotatable bonds is 8. The van der Waals surface area contributed by atoms with E-state index in [2.05, 4.69) is 114 Å². The van der Waals surface area contributed by atoms with Crippen molar-refractivity contribution in [1.29, 1.82) is 0 Å². The average Bonchev–Trinajstić information content (AvgIpc) is 3.60. The fourth-order valence-corrected chi connectivity index (χ4v) is 11.5. The number of amides is 1. The molecule has 68 heavy (non-hydrogen) atoms. The largest absolute Gasteiger partial charge is 0.370 e. The van der Waals surface area contributed by atoms with Crippen LogP contribution in [0.25, 0.3) is 0 Å². The second kappa shape index (κ2) is 27.8. The molecule has 9 fully saturated rings. The van der Waals surface area contributed by atoms with Gasteiger partial charge in [0.2, 0.25) is 15.9 Å². The Morgan fingerprint density at radius 2 is 1.03 bits per heavy atom. The first-order valence-corrected chi connectivity index (χ1v) is 28.5. The third-order valence-electron chi connectivity index (χ3n) is 15.5. The minimum Gasteiger partial charge on any atom is -0.370 e. The fourth-order valence-electron chi connectivity index (χ4n) is 10.2. The molecule has 1 aliphatic carbocycles. The van der Waals surface area contributed by atoms with Crippen molar-refractivity contribution in [1.82, 2.24) is 54.1 Å². The molecular formula is C51H106N12O4S. The number of nitrogens with two attached hydrogens (primary N) is 1. The van der Waals surface area contributed by atoms with Gasteiger partial charge in [-0.3, -0.25) is 14.6 Å². The Balaban J connectivity index is 0.000000178. The first-order chi connectivity index (χ1) is 31.9. The number of carbonyl (C=O) groups excluding carboxylic acids is 1. The van der Waals surface area contributed by atoms with E-state index in [1.54, 1.807) is 18.2 Å². The lowest BCUT2D eigenvalue weighted by atomic mass is 9.74. The molecule has 4 N–H and O–H groups in total. The Morgan fingerprint density at radius 1 is 0.603 bits per heavy atom. The van der Waals surface area contributed by atoms with Crippen molar-refractivity contribution in [2.75, 3.05) is 172 Å². The molecule has 4 unspecified atom stereocenters. The van der Waals surface area contributed by atoms with Crippen molar-refractivity contribution in [3.63, 3.8) is 0 Å². The van der Waals surface area contributed by atoms with Crippen molar-refractivity contribution in [2.24, 2.45) is 34.8 Å². The fraction of sp³-hybridized carbons (Fsp3) is 0.980. The van der Waals surface area contributed by atoms with Gasteiger partial charge in [-0.2, -0.15) is 4.31 Å². The summed E-state index contributed by atoms with van der Waals surface area (Å²) >= 11 is 0. The highest BCUT2D eigenvalue weighted by molar-refractivity contribution is 7.89. The van der Waals surface area contributed by atoms with Gasteiger partial charge in [-0.25, -0.2) is 8.42 Å². The van der Waals surface area contributed by atoms with Crippen LogP contribution < -0.4 is 16.4 Å². The summed E-state index contributed by atoms with van der Waals surface area (Å²) in [4.78, 5) is 30.4. The first-order valence-electron chi connectivity index (χ1n) is 27.0. The predicted octanol–water partition coefficient (Wildman–Crippen LogP) is 1.93. The molecule has 8 heterocycles. The van der Waals surface area contributed by atoms with E-state index in [1.807, 2.05) is 25.8 Å². The molecule has 2 bridgehead atoms. The molecule has 0 aromatic rings. The molecule has 0 radical (unpaired) electrons. The Morgan fingerprint density at radius 3 is 1.41 bits per heavy atom. The van der Waals surface area contributed by atoms with Crippen molar-refractivity contribution in [3.05, 3.63) is 0 Å². The Labute approximate surface area is 417 Å². The van der Waals surface area contributed by atoms with Gasteiger partial charge in [-0.05, 0) is 94.3 Å². The molecule has 400 valence electrons. The van der Waals surface area contributed by atoms with Gasteiger partial charge in [0.25, 0.3) is 0 Å². The first kappa shape index (κ1) is 59.5. The van der Waals surface area contributed by atoms with Crippen LogP contribution in [0.15, 0.2) is 0 Å². The smallest absolute Gasteiger partial charge is 0.225 e. The van der Waals surface area contributed by atoms with Gasteiger partial charge in [0.05, 0.1) is 17.5 Å². The standard InChI is InChI=1S/2C9H18N2O.C9H20N2.C8H18N2O2S.2C8H16N2/c1-7(2)11-5-8-3-10-4-9(6-11)12-8;1-8(2)9(12)11-6-4-10(3)5-7-11;1-9(2)8-11-6-4-10(3)5-7-11;1-8(2)13(11,12)10-6-4-9(3)5-7-10;1-7(2)10-5-8(6-10)3-9-4-8;1-5(2)10-3-6-7(4-10)8(6)9/h7-10H,3-6H2,1-2H3;8H,4-7H2,1-3H3;9H,4-8H2,1-3H3;8H,4-7H2,1-3H3;7,9H,3-6H2,1-2H3;5-8H,3-4,9H2,1-2H3. The molecule has 1 saturated carbocycles. The van der Waals surface area contributed by atoms with Crippen LogP contribution in [-0.2, 0) is 19.6 Å². The molecule has 16 nitrogen and oxygen atoms in total. The van der Waals surface area contributed by atoms with E-state index in [0.29, 0.717) is 48.7 Å². The van der Waals surface area contributed by atoms with Crippen molar-refractivity contribution in [3.8, 4) is 0 Å². The van der Waals surface area contributed by atoms with Crippen LogP contribution in [0.5, 0.6) is 0 Å². The SMILES string of the molecule is CC(C)C(=O)N1CCN(C)CC1.CC(C)CN1CCN(C)CC1.CC(C)N1CC2(CNC2)C1.CC(C)N1CC2C(N)C2C1.CC(C)N1CC2CNCC(C1)O2.CC(C)S(=O)(=O)N1CCN(C)CC1. The van der Waals surface area contributed by atoms with Crippen LogP contribution in [0.4, 0.5) is 0 Å². The summed E-state index contributed by atoms with van der Waals surface area (Å²) in [5.74, 6) is 2.96. The second-order valence-electron chi connectivity index (χ2n) is 23.7. The lowest BCUT2D eigenvalue weighted by Gasteiger charge is -2.57. The second-order valence-corrected chi connectivity index (χ2v) is 26.2. The number of nitrogens with one attached hydrogen (secondary N) is 2. The van der Waals surface area contributed by atoms with Gasteiger partial charge in [-0.1, -0.05) is 27.7 Å². The minimum absolute atomic E-state index is 0.147. The lowest BCUT2D eigenvalue weighted by Crippen LogP contribution is -2.72. The molecular weight excluding hydrogens is 877 g/mol. The van der Waals surface area contributed by atoms with Gasteiger partial charge in [0.15, 0.2) is 0 Å². The number of fused-ring (bicyclic) bond motifs is 3. The van der Waals surface area contributed by atoms with E-state index < -0.39 is 10.0 Å². The zero-order valence-electron chi connectivity index (χ0n) is 46.3. The van der Waals surface area contributed by atoms with Gasteiger partial charge in [0, 0.05) is 186 Å². The van der Waals surface area contributed by atoms with Crippen LogP contribution in [-0.4, -0.2) is 271 Å². The molecule has 8 aliphatic heterocycles. The number of hydrogen-bond acceptors (Lipinski definition) is 14. The summed E-state index contributed by atoms with van der Waals surface area (Å²) in [5, 5.41) is 6.44. The molecule has 1 amide bonds. The van der Waals surface area contributed by atoms with E-state index in [-0.39, 0.29) is 11.2 Å². The molecule has 8 saturated heterocycles. The zero-order chi connectivity index (χ0) is 50.5. The van der Waals surface area contributed by atoms with E-state index in [0.717, 1.165) is 95.3 Å². The van der Waals surface area contributed by atoms with Crippen molar-refractivity contribution in [2.45, 2.75) is 125 Å². The lowest BCUT2D eigenvalue weighted by molar-refractivity contribution is -0.136. The Hall–Kier alpha value is -1.06. The zero-order valence-corrected chi connectivity index (χ0v) is 47.1. The monoisotopic (exact) mass is 983 g/mol. The summed E-state index contributed by atoms with van der Waals surface area (Å²) in [6.45, 7) is 50.5. The molecule has 9 rings (SSSR count). The highest BCUT2D eigenvalue weighted by atomic mass is 32.2. The van der Waals surface area contributed by atoms with Crippen LogP contribution in [0.3, 0.4) is 0 Å². The normalized spacial score (nSPS) is 29.4. The molecule has 1 spiro atoms. The molecule has 0 aromatic carbocycles. The van der Waals surface area contributed by atoms with Crippen molar-refractivity contribution >= 4 is 15.9 Å². The van der Waals surface area contributed by atoms with E-state index in [9.17, 15) is 13.2 Å². The number of piperazine rings is 3. The Bertz CT molecular complexity index is 1510. The highest BCUT2D eigenvalue weighted by Crippen LogP contribution is 2.44. The molecule has 9 aliphatic rings. The van der Waals surface area contributed by atoms with Crippen LogP contribution in [0.1, 0.15) is 83.1 Å². The van der Waals surface area contributed by atoms with Gasteiger partial charge in [0.1, 0.15) is 0 Å². The summed E-state index contributed by atoms with van der Waals surface area (Å²) < 4.78 is 30.8. The van der Waals surface area contributed by atoms with Crippen LogP contribution in [0, 0.1) is 29.1 Å². The summed E-state index contributed by atoms with van der Waals surface area (Å²) in [6, 6.07) is 2.69. The highest BCUT2D eigenvalue weighted by Gasteiger charge is 2.53. The van der Waals surface area contributed by atoms with Crippen molar-refractivity contribution < 1.29 is 17.9 Å². The predicted molar refractivity (Wildman–Crippen MR) is 283 cm³/mol. The number of sulfonamides is 1. The Kier molecular flexibility index (Phi) is 24.4. The summed E-state index contributed by atoms with van der Waals surface area (Å²) in [5.41, 5.74) is 6.52. The van der Waals surface area contributed by atoms with Crippen LogP contribution in [0.2, 0.25) is 0 Å². The molecule has 17 heteroatoms. The van der Waals surface area contributed by atoms with Gasteiger partial charge < -0.3 is 50.5 Å². The van der Waals surface area contributed by atoms with Crippen LogP contribution >= 0.6 is 0 Å². The number of piperidine rings is 1. The van der Waals surface area contributed by atoms with Gasteiger partial charge >= 0.3 is 0 Å². The number of carbonyl (C=O) groups is 1. The number of likely N-dealkylation sites (tertiary alicyclic amines) is 2. The molecule has 4 atom stereocenters. The minimum atomic E-state index is -3.02. The number of hydrogen-bond donors (Lipinski definition) is 3. The number of likely N-dealkylation sites (N-methyl/N-ethyl adjacent to an activating group) is 3. The third-order valence-corrected chi connectivity index (χ3v) is 17.8. The maximum Gasteiger partial charge on any atom is 0.225 e. The summed E-state index contributed by atoms with van der Waals surface area (Å²) in [7, 11) is 3.29. The van der Waals surface area contributed by atoms with Gasteiger partial charge in [-0.15, -0.1) is 0 Å². The van der Waals surface area contributed by atoms with E-state index >= 15 is 0 Å². The average molecular weight is 984 g/mol. The quantitative estimate of drug-likeness (QED) is 0.327. The topological polar surface area (TPSA) is 140 Å². The van der Waals surface area contributed by atoms with E-state index in [1.165, 1.54) is 72.0 Å². The maximum absolute atomic E-state index is 11.7. The maximum atomic E-state index is 11.7. The molecule has 0 aromatic heterocycles. The number of nitrogens with zero attached hydrogens (tertiary/aromatic N) is 9. The third kappa shape index (κ3) is 18.8. The summed E-state index contributed by atoms with van der Waals surface area (Å²) in [6.07, 6.45) is 0.861. The number of ether oxygens (including phenoxy) is 1. The van der Waals surface area contributed by atoms with E-state index in [4.69, 9.17) is 10.5 Å².